The molecular weight excluding hydrogens is 148 g/mol. The quantitative estimate of drug-likeness (QED) is 0.488. The second-order valence-corrected chi connectivity index (χ2v) is 2.56. The second kappa shape index (κ2) is 5.30. The van der Waals surface area contributed by atoms with Crippen LogP contribution in [0.25, 0.3) is 0 Å². The maximum absolute atomic E-state index is 9.96. The van der Waals surface area contributed by atoms with Crippen molar-refractivity contribution in [2.24, 2.45) is 0 Å². The molecule has 1 aromatic carbocycles. The highest BCUT2D eigenvalue weighted by Crippen LogP contribution is 1.99. The van der Waals surface area contributed by atoms with Crippen LogP contribution in [-0.2, 0) is 11.2 Å². The molecule has 0 aliphatic heterocycles. The number of allylic oxidation sites excluding steroid dienone is 2. The summed E-state index contributed by atoms with van der Waals surface area (Å²) in [6.07, 6.45) is 6.24. The van der Waals surface area contributed by atoms with Crippen molar-refractivity contribution in [1.82, 2.24) is 0 Å². The van der Waals surface area contributed by atoms with E-state index in [1.807, 2.05) is 30.4 Å². The van der Waals surface area contributed by atoms with Crippen LogP contribution >= 0.6 is 0 Å². The molecule has 12 heavy (non-hydrogen) atoms. The summed E-state index contributed by atoms with van der Waals surface area (Å²) in [5, 5.41) is 0. The van der Waals surface area contributed by atoms with Gasteiger partial charge in [-0.1, -0.05) is 42.5 Å². The number of hydrogen-bond donors (Lipinski definition) is 0. The Balaban J connectivity index is 2.38. The Morgan fingerprint density at radius 1 is 1.08 bits per heavy atom. The van der Waals surface area contributed by atoms with Crippen molar-refractivity contribution in [2.75, 3.05) is 0 Å². The predicted octanol–water partition coefficient (Wildman–Crippen LogP) is 2.37. The summed E-state index contributed by atoms with van der Waals surface area (Å²) in [5.74, 6) is 0. The lowest BCUT2D eigenvalue weighted by molar-refractivity contribution is -0.107. The summed E-state index contributed by atoms with van der Waals surface area (Å²) in [6.45, 7) is 0. The monoisotopic (exact) mass is 160 g/mol. The normalized spacial score (nSPS) is 10.3. The third-order valence-electron chi connectivity index (χ3n) is 1.60. The van der Waals surface area contributed by atoms with Crippen molar-refractivity contribution < 1.29 is 4.79 Å². The van der Waals surface area contributed by atoms with Crippen LogP contribution in [0, 0.1) is 0 Å². The fraction of sp³-hybridized carbons (Fsp3) is 0.182. The zero-order valence-electron chi connectivity index (χ0n) is 6.94. The third kappa shape index (κ3) is 3.15. The molecule has 1 rings (SSSR count). The zero-order valence-corrected chi connectivity index (χ0v) is 6.94. The van der Waals surface area contributed by atoms with Crippen LogP contribution in [0.1, 0.15) is 12.0 Å². The van der Waals surface area contributed by atoms with E-state index in [-0.39, 0.29) is 0 Å². The molecule has 0 aliphatic rings. The van der Waals surface area contributed by atoms with Crippen molar-refractivity contribution in [3.8, 4) is 0 Å². The van der Waals surface area contributed by atoms with E-state index in [9.17, 15) is 4.79 Å². The average molecular weight is 160 g/mol. The van der Waals surface area contributed by atoms with E-state index in [1.54, 1.807) is 0 Å². The van der Waals surface area contributed by atoms with Crippen LogP contribution in [0.5, 0.6) is 0 Å². The van der Waals surface area contributed by atoms with Gasteiger partial charge in [-0.3, -0.25) is 0 Å². The Morgan fingerprint density at radius 3 is 2.50 bits per heavy atom. The lowest BCUT2D eigenvalue weighted by Crippen LogP contribution is -1.78. The first-order chi connectivity index (χ1) is 5.93. The number of carbonyl (C=O) groups is 1. The molecule has 1 nitrogen and oxygen atoms in total. The highest BCUT2D eigenvalue weighted by atomic mass is 16.1. The maximum Gasteiger partial charge on any atom is 0.123 e. The summed E-state index contributed by atoms with van der Waals surface area (Å²) in [6, 6.07) is 10.2. The SMILES string of the molecule is O=CC/C=C\Cc1ccccc1. The topological polar surface area (TPSA) is 17.1 Å². The molecule has 0 fully saturated rings. The zero-order chi connectivity index (χ0) is 8.65. The van der Waals surface area contributed by atoms with Gasteiger partial charge in [-0.2, -0.15) is 0 Å². The minimum absolute atomic E-state index is 0.521. The van der Waals surface area contributed by atoms with Crippen LogP contribution in [-0.4, -0.2) is 6.29 Å². The van der Waals surface area contributed by atoms with Gasteiger partial charge >= 0.3 is 0 Å². The van der Waals surface area contributed by atoms with Gasteiger partial charge in [0.15, 0.2) is 0 Å². The van der Waals surface area contributed by atoms with E-state index in [2.05, 4.69) is 12.1 Å². The van der Waals surface area contributed by atoms with E-state index < -0.39 is 0 Å². The molecule has 62 valence electrons. The molecule has 0 bridgehead atoms. The standard InChI is InChI=1S/C11H12O/c12-10-6-2-5-9-11-7-3-1-4-8-11/h1-5,7-8,10H,6,9H2/b5-2-. The number of carbonyl (C=O) groups excluding carboxylic acids is 1. The van der Waals surface area contributed by atoms with Crippen molar-refractivity contribution >= 4 is 6.29 Å². The summed E-state index contributed by atoms with van der Waals surface area (Å²) in [4.78, 5) is 9.96. The van der Waals surface area contributed by atoms with Gasteiger partial charge in [0.1, 0.15) is 6.29 Å². The highest BCUT2D eigenvalue weighted by Gasteiger charge is 1.84. The Kier molecular flexibility index (Phi) is 3.86. The molecule has 0 aromatic heterocycles. The predicted molar refractivity (Wildman–Crippen MR) is 50.0 cm³/mol. The maximum atomic E-state index is 9.96. The molecule has 1 aromatic rings. The molecule has 0 atom stereocenters. The fourth-order valence-corrected chi connectivity index (χ4v) is 0.985. The lowest BCUT2D eigenvalue weighted by Gasteiger charge is -1.92. The Morgan fingerprint density at radius 2 is 1.83 bits per heavy atom. The molecule has 0 saturated heterocycles. The first kappa shape index (κ1) is 8.72. The summed E-state index contributed by atoms with van der Waals surface area (Å²) in [5.41, 5.74) is 1.28. The molecule has 0 heterocycles. The van der Waals surface area contributed by atoms with Crippen LogP contribution in [0.3, 0.4) is 0 Å². The van der Waals surface area contributed by atoms with Crippen LogP contribution in [0.4, 0.5) is 0 Å². The highest BCUT2D eigenvalue weighted by molar-refractivity contribution is 5.51. The Bertz CT molecular complexity index is 249. The molecule has 0 spiro atoms. The minimum atomic E-state index is 0.521. The van der Waals surface area contributed by atoms with E-state index in [1.165, 1.54) is 5.56 Å². The lowest BCUT2D eigenvalue weighted by atomic mass is 10.1. The number of aldehydes is 1. The Hall–Kier alpha value is -1.37. The van der Waals surface area contributed by atoms with Gasteiger partial charge in [-0.15, -0.1) is 0 Å². The van der Waals surface area contributed by atoms with Gasteiger partial charge in [0.2, 0.25) is 0 Å². The summed E-state index contributed by atoms with van der Waals surface area (Å²) in [7, 11) is 0. The van der Waals surface area contributed by atoms with Crippen molar-refractivity contribution in [2.45, 2.75) is 12.8 Å². The van der Waals surface area contributed by atoms with Crippen LogP contribution in [0.2, 0.25) is 0 Å². The number of rotatable bonds is 4. The van der Waals surface area contributed by atoms with E-state index in [4.69, 9.17) is 0 Å². The number of hydrogen-bond acceptors (Lipinski definition) is 1. The van der Waals surface area contributed by atoms with Gasteiger partial charge < -0.3 is 4.79 Å². The van der Waals surface area contributed by atoms with E-state index >= 15 is 0 Å². The van der Waals surface area contributed by atoms with Gasteiger partial charge in [-0.05, 0) is 12.0 Å². The van der Waals surface area contributed by atoms with Crippen molar-refractivity contribution in [3.05, 3.63) is 48.0 Å². The van der Waals surface area contributed by atoms with Crippen molar-refractivity contribution in [1.29, 1.82) is 0 Å². The molecule has 1 heteroatoms. The van der Waals surface area contributed by atoms with Gasteiger partial charge in [0.25, 0.3) is 0 Å². The molecule has 0 unspecified atom stereocenters. The molecule has 0 radical (unpaired) electrons. The van der Waals surface area contributed by atoms with Crippen LogP contribution in [0.15, 0.2) is 42.5 Å². The first-order valence-corrected chi connectivity index (χ1v) is 4.06. The molecule has 0 N–H and O–H groups in total. The minimum Gasteiger partial charge on any atom is -0.303 e. The smallest absolute Gasteiger partial charge is 0.123 e. The average Bonchev–Trinajstić information content (AvgIpc) is 2.14. The van der Waals surface area contributed by atoms with Crippen LogP contribution < -0.4 is 0 Å². The second-order valence-electron chi connectivity index (χ2n) is 2.56. The Labute approximate surface area is 72.7 Å². The van der Waals surface area contributed by atoms with Gasteiger partial charge in [0, 0.05) is 6.42 Å². The van der Waals surface area contributed by atoms with E-state index in [0.717, 1.165) is 12.7 Å². The molecule has 0 saturated carbocycles. The fourth-order valence-electron chi connectivity index (χ4n) is 0.985. The number of benzene rings is 1. The van der Waals surface area contributed by atoms with Gasteiger partial charge in [0.05, 0.1) is 0 Å². The summed E-state index contributed by atoms with van der Waals surface area (Å²) >= 11 is 0. The van der Waals surface area contributed by atoms with Crippen molar-refractivity contribution in [3.63, 3.8) is 0 Å². The summed E-state index contributed by atoms with van der Waals surface area (Å²) < 4.78 is 0. The van der Waals surface area contributed by atoms with Gasteiger partial charge in [-0.25, -0.2) is 0 Å². The first-order valence-electron chi connectivity index (χ1n) is 4.06. The molecule has 0 aliphatic carbocycles. The van der Waals surface area contributed by atoms with E-state index in [0.29, 0.717) is 6.42 Å². The largest absolute Gasteiger partial charge is 0.303 e. The molecule has 0 amide bonds. The third-order valence-corrected chi connectivity index (χ3v) is 1.60. The molecular formula is C11H12O.